The van der Waals surface area contributed by atoms with Crippen LogP contribution in [-0.2, 0) is 9.47 Å². The van der Waals surface area contributed by atoms with E-state index in [1.807, 2.05) is 12.1 Å². The van der Waals surface area contributed by atoms with Crippen LogP contribution in [0, 0.1) is 0 Å². The van der Waals surface area contributed by atoms with Gasteiger partial charge < -0.3 is 9.47 Å². The highest BCUT2D eigenvalue weighted by atomic mass is 35.5. The van der Waals surface area contributed by atoms with E-state index in [0.717, 1.165) is 4.90 Å². The lowest BCUT2D eigenvalue weighted by Gasteiger charge is -2.42. The summed E-state index contributed by atoms with van der Waals surface area (Å²) >= 11 is 13.9. The van der Waals surface area contributed by atoms with Gasteiger partial charge in [-0.1, -0.05) is 11.6 Å². The Morgan fingerprint density at radius 2 is 1.60 bits per heavy atom. The maximum absolute atomic E-state index is 12.3. The van der Waals surface area contributed by atoms with Crippen LogP contribution >= 0.6 is 35.0 Å². The third kappa shape index (κ3) is 5.33. The predicted octanol–water partition coefficient (Wildman–Crippen LogP) is 4.25. The van der Waals surface area contributed by atoms with E-state index >= 15 is 0 Å². The Balaban J connectivity index is 2.14. The van der Waals surface area contributed by atoms with Gasteiger partial charge in [-0.2, -0.15) is 0 Å². The third-order valence-corrected chi connectivity index (χ3v) is 5.62. The van der Waals surface area contributed by atoms with Crippen molar-refractivity contribution in [2.24, 2.45) is 0 Å². The zero-order valence-electron chi connectivity index (χ0n) is 14.0. The number of nitrogens with zero attached hydrogens (tertiary/aromatic N) is 2. The van der Waals surface area contributed by atoms with E-state index in [1.54, 1.807) is 26.0 Å². The fraction of sp³-hybridized carbons (Fsp3) is 0.500. The van der Waals surface area contributed by atoms with Crippen LogP contribution in [-0.4, -0.2) is 59.1 Å². The molecule has 0 radical (unpaired) electrons. The molecule has 1 aliphatic rings. The van der Waals surface area contributed by atoms with Gasteiger partial charge in [0.25, 0.3) is 0 Å². The normalized spacial score (nSPS) is 20.3. The molecule has 0 bridgehead atoms. The molecule has 1 heterocycles. The Hall–Kier alpha value is -1.31. The second-order valence-electron chi connectivity index (χ2n) is 5.19. The molecule has 0 N–H and O–H groups in total. The molecule has 1 aromatic carbocycles. The maximum Gasteiger partial charge on any atom is 0.428 e. The molecule has 0 aromatic heterocycles. The monoisotopic (exact) mass is 406 g/mol. The highest BCUT2D eigenvalue weighted by Crippen LogP contribution is 2.33. The molecular formula is C16H20Cl2N2O4S. The highest BCUT2D eigenvalue weighted by molar-refractivity contribution is 8.00. The first kappa shape index (κ1) is 20.0. The minimum absolute atomic E-state index is 0.113. The average Bonchev–Trinajstić information content (AvgIpc) is 2.58. The van der Waals surface area contributed by atoms with E-state index in [1.165, 1.54) is 21.8 Å². The molecule has 2 rings (SSSR count). The summed E-state index contributed by atoms with van der Waals surface area (Å²) in [6.07, 6.45) is -1.21. The van der Waals surface area contributed by atoms with E-state index in [4.69, 9.17) is 32.7 Å². The Kier molecular flexibility index (Phi) is 7.53. The van der Waals surface area contributed by atoms with Crippen LogP contribution in [0.3, 0.4) is 0 Å². The molecule has 0 saturated carbocycles. The fourth-order valence-electron chi connectivity index (χ4n) is 2.31. The first-order valence-corrected chi connectivity index (χ1v) is 9.60. The summed E-state index contributed by atoms with van der Waals surface area (Å²) in [5.74, 6) is 0. The molecular weight excluding hydrogens is 387 g/mol. The molecule has 6 nitrogen and oxygen atoms in total. The van der Waals surface area contributed by atoms with Crippen LogP contribution in [0.4, 0.5) is 9.59 Å². The van der Waals surface area contributed by atoms with Crippen LogP contribution in [0.15, 0.2) is 29.2 Å². The maximum atomic E-state index is 12.3. The Morgan fingerprint density at radius 1 is 1.08 bits per heavy atom. The minimum atomic E-state index is -0.615. The van der Waals surface area contributed by atoms with E-state index in [2.05, 4.69) is 0 Å². The predicted molar refractivity (Wildman–Crippen MR) is 98.2 cm³/mol. The lowest BCUT2D eigenvalue weighted by Crippen LogP contribution is -2.60. The summed E-state index contributed by atoms with van der Waals surface area (Å²) < 4.78 is 10.1. The number of halogens is 2. The van der Waals surface area contributed by atoms with E-state index in [9.17, 15) is 9.59 Å². The number of ether oxygens (including phenoxy) is 2. The van der Waals surface area contributed by atoms with Crippen molar-refractivity contribution in [3.05, 3.63) is 29.3 Å². The van der Waals surface area contributed by atoms with Crippen LogP contribution in [0.25, 0.3) is 0 Å². The zero-order chi connectivity index (χ0) is 18.4. The summed E-state index contributed by atoms with van der Waals surface area (Å²) in [6, 6.07) is 7.38. The second kappa shape index (κ2) is 9.40. The number of hydrogen-bond donors (Lipinski definition) is 0. The molecule has 2 amide bonds. The fourth-order valence-corrected chi connectivity index (χ4v) is 3.89. The molecule has 1 fully saturated rings. The second-order valence-corrected chi connectivity index (χ2v) is 7.50. The molecule has 25 heavy (non-hydrogen) atoms. The standard InChI is InChI=1S/C16H20Cl2N2O4S/c1-3-23-15(21)19-9-13(18)14(10-20(19)16(22)24-4-2)25-12-7-5-11(17)6-8-12/h5-8,13-14H,3-4,9-10H2,1-2H3/t13-,14-/m1/s1. The third-order valence-electron chi connectivity index (χ3n) is 3.45. The van der Waals surface area contributed by atoms with Crippen molar-refractivity contribution >= 4 is 47.2 Å². The van der Waals surface area contributed by atoms with Gasteiger partial charge in [0.05, 0.1) is 31.7 Å². The minimum Gasteiger partial charge on any atom is -0.448 e. The number of carbonyl (C=O) groups is 2. The van der Waals surface area contributed by atoms with E-state index in [-0.39, 0.29) is 36.9 Å². The number of hydrazine groups is 1. The largest absolute Gasteiger partial charge is 0.448 e. The number of rotatable bonds is 4. The zero-order valence-corrected chi connectivity index (χ0v) is 16.3. The lowest BCUT2D eigenvalue weighted by molar-refractivity contribution is -0.0330. The van der Waals surface area contributed by atoms with Crippen molar-refractivity contribution in [3.8, 4) is 0 Å². The molecule has 0 aliphatic carbocycles. The summed E-state index contributed by atoms with van der Waals surface area (Å²) in [6.45, 7) is 4.23. The van der Waals surface area contributed by atoms with E-state index < -0.39 is 12.2 Å². The van der Waals surface area contributed by atoms with Gasteiger partial charge in [-0.05, 0) is 38.1 Å². The average molecular weight is 407 g/mol. The first-order valence-electron chi connectivity index (χ1n) is 7.91. The number of amides is 2. The molecule has 1 saturated heterocycles. The summed E-state index contributed by atoms with van der Waals surface area (Å²) in [5.41, 5.74) is 0. The van der Waals surface area contributed by atoms with Crippen molar-refractivity contribution < 1.29 is 19.1 Å². The number of benzene rings is 1. The first-order chi connectivity index (χ1) is 12.0. The van der Waals surface area contributed by atoms with Crippen LogP contribution in [0.5, 0.6) is 0 Å². The Labute approximate surface area is 161 Å². The quantitative estimate of drug-likeness (QED) is 0.699. The van der Waals surface area contributed by atoms with Crippen molar-refractivity contribution in [1.82, 2.24) is 10.0 Å². The van der Waals surface area contributed by atoms with Gasteiger partial charge >= 0.3 is 12.2 Å². The van der Waals surface area contributed by atoms with Gasteiger partial charge in [0.2, 0.25) is 0 Å². The highest BCUT2D eigenvalue weighted by Gasteiger charge is 2.40. The number of carbonyl (C=O) groups excluding carboxylic acids is 2. The van der Waals surface area contributed by atoms with Crippen molar-refractivity contribution in [2.75, 3.05) is 26.3 Å². The molecule has 1 aromatic rings. The summed E-state index contributed by atoms with van der Waals surface area (Å²) in [5, 5.41) is 2.65. The van der Waals surface area contributed by atoms with E-state index in [0.29, 0.717) is 5.02 Å². The molecule has 9 heteroatoms. The molecule has 0 unspecified atom stereocenters. The van der Waals surface area contributed by atoms with Gasteiger partial charge in [-0.3, -0.25) is 0 Å². The number of thioether (sulfide) groups is 1. The van der Waals surface area contributed by atoms with Crippen LogP contribution in [0.1, 0.15) is 13.8 Å². The van der Waals surface area contributed by atoms with Gasteiger partial charge in [-0.25, -0.2) is 19.6 Å². The molecule has 1 aliphatic heterocycles. The van der Waals surface area contributed by atoms with Crippen molar-refractivity contribution in [3.63, 3.8) is 0 Å². The smallest absolute Gasteiger partial charge is 0.428 e. The van der Waals surface area contributed by atoms with Gasteiger partial charge in [-0.15, -0.1) is 23.4 Å². The molecule has 138 valence electrons. The summed E-state index contributed by atoms with van der Waals surface area (Å²) in [4.78, 5) is 25.4. The Morgan fingerprint density at radius 3 is 2.12 bits per heavy atom. The Bertz CT molecular complexity index is 602. The SMILES string of the molecule is CCOC(=O)N1C[C@@H](Cl)[C@H](Sc2ccc(Cl)cc2)CN1C(=O)OCC. The van der Waals surface area contributed by atoms with Gasteiger partial charge in [0, 0.05) is 15.2 Å². The lowest BCUT2D eigenvalue weighted by atomic mass is 10.2. The summed E-state index contributed by atoms with van der Waals surface area (Å²) in [7, 11) is 0. The topological polar surface area (TPSA) is 59.1 Å². The number of alkyl halides is 1. The van der Waals surface area contributed by atoms with Gasteiger partial charge in [0.15, 0.2) is 0 Å². The van der Waals surface area contributed by atoms with Gasteiger partial charge in [0.1, 0.15) is 0 Å². The molecule has 2 atom stereocenters. The molecule has 0 spiro atoms. The number of hydrogen-bond acceptors (Lipinski definition) is 5. The van der Waals surface area contributed by atoms with Crippen LogP contribution in [0.2, 0.25) is 5.02 Å². The van der Waals surface area contributed by atoms with Crippen molar-refractivity contribution in [1.29, 1.82) is 0 Å². The van der Waals surface area contributed by atoms with Crippen LogP contribution < -0.4 is 0 Å². The van der Waals surface area contributed by atoms with Crippen molar-refractivity contribution in [2.45, 2.75) is 29.4 Å².